The molecule has 0 heterocycles. The third kappa shape index (κ3) is 4.78. The van der Waals surface area contributed by atoms with Crippen molar-refractivity contribution in [1.82, 2.24) is 5.43 Å². The number of hydrogen-bond donors (Lipinski definition) is 2. The number of primary amides is 1. The van der Waals surface area contributed by atoms with Crippen LogP contribution in [0.3, 0.4) is 0 Å². The number of hydrogen-bond acceptors (Lipinski definition) is 4. The van der Waals surface area contributed by atoms with Crippen molar-refractivity contribution in [2.75, 3.05) is 13.2 Å². The van der Waals surface area contributed by atoms with E-state index in [2.05, 4.69) is 26.5 Å². The Balaban J connectivity index is 3.01. The highest BCUT2D eigenvalue weighted by Gasteiger charge is 2.11. The monoisotopic (exact) mass is 329 g/mol. The first-order valence-electron chi connectivity index (χ1n) is 5.76. The van der Waals surface area contributed by atoms with Crippen LogP contribution in [0.15, 0.2) is 21.7 Å². The molecule has 1 aromatic carbocycles. The van der Waals surface area contributed by atoms with Gasteiger partial charge in [0.25, 0.3) is 0 Å². The summed E-state index contributed by atoms with van der Waals surface area (Å²) in [6, 6.07) is 2.86. The number of benzene rings is 1. The summed E-state index contributed by atoms with van der Waals surface area (Å²) < 4.78 is 11.8. The first-order valence-corrected chi connectivity index (χ1v) is 6.55. The molecule has 1 aromatic rings. The van der Waals surface area contributed by atoms with Crippen molar-refractivity contribution in [2.45, 2.75) is 13.8 Å². The largest absolute Gasteiger partial charge is 0.490 e. The van der Waals surface area contributed by atoms with Crippen LogP contribution in [0.4, 0.5) is 4.79 Å². The summed E-state index contributed by atoms with van der Waals surface area (Å²) in [5.41, 5.74) is 7.78. The SMILES string of the molecule is CCOc1cc(C=NNC(N)=O)cc(Br)c1OCC. The zero-order valence-corrected chi connectivity index (χ0v) is 12.4. The Hall–Kier alpha value is -1.76. The van der Waals surface area contributed by atoms with Crippen molar-refractivity contribution in [3.8, 4) is 11.5 Å². The minimum atomic E-state index is -0.716. The van der Waals surface area contributed by atoms with Gasteiger partial charge in [0.2, 0.25) is 0 Å². The van der Waals surface area contributed by atoms with E-state index in [1.54, 1.807) is 12.1 Å². The van der Waals surface area contributed by atoms with Crippen molar-refractivity contribution >= 4 is 28.2 Å². The molecule has 2 amide bonds. The lowest BCUT2D eigenvalue weighted by Gasteiger charge is -2.13. The molecule has 0 fully saturated rings. The average molecular weight is 330 g/mol. The molecule has 0 spiro atoms. The summed E-state index contributed by atoms with van der Waals surface area (Å²) in [5.74, 6) is 1.25. The lowest BCUT2D eigenvalue weighted by atomic mass is 10.2. The number of halogens is 1. The zero-order chi connectivity index (χ0) is 14.3. The summed E-state index contributed by atoms with van der Waals surface area (Å²) in [6.07, 6.45) is 1.47. The van der Waals surface area contributed by atoms with Crippen LogP contribution in [0.5, 0.6) is 11.5 Å². The van der Waals surface area contributed by atoms with Crippen LogP contribution in [0.2, 0.25) is 0 Å². The summed E-state index contributed by atoms with van der Waals surface area (Å²) >= 11 is 3.41. The van der Waals surface area contributed by atoms with Gasteiger partial charge in [0.1, 0.15) is 0 Å². The van der Waals surface area contributed by atoms with E-state index in [0.29, 0.717) is 24.7 Å². The van der Waals surface area contributed by atoms with Crippen molar-refractivity contribution in [1.29, 1.82) is 0 Å². The Morgan fingerprint density at radius 3 is 2.68 bits per heavy atom. The molecule has 0 aliphatic rings. The Kier molecular flexibility index (Phi) is 6.14. The number of carbonyl (C=O) groups excluding carboxylic acids is 1. The van der Waals surface area contributed by atoms with Crippen molar-refractivity contribution < 1.29 is 14.3 Å². The second-order valence-electron chi connectivity index (χ2n) is 3.43. The highest BCUT2D eigenvalue weighted by molar-refractivity contribution is 9.10. The van der Waals surface area contributed by atoms with Gasteiger partial charge in [-0.2, -0.15) is 5.10 Å². The maximum absolute atomic E-state index is 10.5. The molecule has 19 heavy (non-hydrogen) atoms. The second kappa shape index (κ2) is 7.63. The molecule has 0 saturated heterocycles. The van der Waals surface area contributed by atoms with E-state index in [4.69, 9.17) is 15.2 Å². The normalized spacial score (nSPS) is 10.5. The van der Waals surface area contributed by atoms with Gasteiger partial charge in [-0.25, -0.2) is 10.2 Å². The molecule has 0 aromatic heterocycles. The van der Waals surface area contributed by atoms with E-state index in [0.717, 1.165) is 10.0 Å². The van der Waals surface area contributed by atoms with E-state index >= 15 is 0 Å². The number of nitrogens with one attached hydrogen (secondary N) is 1. The van der Waals surface area contributed by atoms with E-state index in [9.17, 15) is 4.79 Å². The van der Waals surface area contributed by atoms with Crippen LogP contribution in [-0.2, 0) is 0 Å². The molecule has 0 aliphatic carbocycles. The molecule has 7 heteroatoms. The predicted molar refractivity (Wildman–Crippen MR) is 76.8 cm³/mol. The van der Waals surface area contributed by atoms with Crippen molar-refractivity contribution in [3.05, 3.63) is 22.2 Å². The minimum absolute atomic E-state index is 0.520. The summed E-state index contributed by atoms with van der Waals surface area (Å²) in [6.45, 7) is 4.84. The number of amides is 2. The molecule has 0 atom stereocenters. The molecule has 0 aliphatic heterocycles. The number of ether oxygens (including phenoxy) is 2. The Bertz CT molecular complexity index is 478. The van der Waals surface area contributed by atoms with Crippen LogP contribution in [0.25, 0.3) is 0 Å². The molecule has 0 radical (unpaired) electrons. The number of urea groups is 1. The van der Waals surface area contributed by atoms with Gasteiger partial charge < -0.3 is 15.2 Å². The third-order valence-corrected chi connectivity index (χ3v) is 2.60. The summed E-state index contributed by atoms with van der Waals surface area (Å²) in [5, 5.41) is 3.69. The smallest absolute Gasteiger partial charge is 0.332 e. The number of rotatable bonds is 6. The molecule has 6 nitrogen and oxygen atoms in total. The lowest BCUT2D eigenvalue weighted by Crippen LogP contribution is -2.24. The van der Waals surface area contributed by atoms with Crippen LogP contribution in [0.1, 0.15) is 19.4 Å². The van der Waals surface area contributed by atoms with Gasteiger partial charge in [-0.3, -0.25) is 0 Å². The number of nitrogens with two attached hydrogens (primary N) is 1. The number of carbonyl (C=O) groups is 1. The Labute approximate surface area is 120 Å². The van der Waals surface area contributed by atoms with Crippen molar-refractivity contribution in [2.24, 2.45) is 10.8 Å². The molecular weight excluding hydrogens is 314 g/mol. The van der Waals surface area contributed by atoms with Gasteiger partial charge >= 0.3 is 6.03 Å². The van der Waals surface area contributed by atoms with Gasteiger partial charge in [0, 0.05) is 0 Å². The van der Waals surface area contributed by atoms with Gasteiger partial charge in [0.05, 0.1) is 23.9 Å². The fourth-order valence-corrected chi connectivity index (χ4v) is 1.95. The topological polar surface area (TPSA) is 85.9 Å². The van der Waals surface area contributed by atoms with Crippen LogP contribution < -0.4 is 20.6 Å². The molecule has 0 bridgehead atoms. The summed E-state index contributed by atoms with van der Waals surface area (Å²) in [4.78, 5) is 10.5. The zero-order valence-electron chi connectivity index (χ0n) is 10.8. The number of nitrogens with zero attached hydrogens (tertiary/aromatic N) is 1. The quantitative estimate of drug-likeness (QED) is 0.620. The van der Waals surface area contributed by atoms with E-state index in [-0.39, 0.29) is 0 Å². The molecule has 3 N–H and O–H groups in total. The Morgan fingerprint density at radius 2 is 2.11 bits per heavy atom. The fraction of sp³-hybridized carbons (Fsp3) is 0.333. The molecular formula is C12H16BrN3O3. The van der Waals surface area contributed by atoms with Gasteiger partial charge in [-0.1, -0.05) is 0 Å². The molecule has 0 saturated carbocycles. The first kappa shape index (κ1) is 15.3. The standard InChI is InChI=1S/C12H16BrN3O3/c1-3-18-10-6-8(7-15-16-12(14)17)5-9(13)11(10)19-4-2/h5-7H,3-4H2,1-2H3,(H3,14,16,17). The van der Waals surface area contributed by atoms with Crippen molar-refractivity contribution in [3.63, 3.8) is 0 Å². The number of hydrazone groups is 1. The summed E-state index contributed by atoms with van der Waals surface area (Å²) in [7, 11) is 0. The maximum atomic E-state index is 10.5. The van der Waals surface area contributed by atoms with E-state index in [1.165, 1.54) is 6.21 Å². The average Bonchev–Trinajstić information content (AvgIpc) is 2.33. The highest BCUT2D eigenvalue weighted by atomic mass is 79.9. The van der Waals surface area contributed by atoms with Gasteiger partial charge in [-0.05, 0) is 47.5 Å². The maximum Gasteiger partial charge on any atom is 0.332 e. The third-order valence-electron chi connectivity index (χ3n) is 2.01. The molecule has 1 rings (SSSR count). The van der Waals surface area contributed by atoms with Gasteiger partial charge in [0.15, 0.2) is 11.5 Å². The predicted octanol–water partition coefficient (Wildman–Crippen LogP) is 2.25. The molecule has 0 unspecified atom stereocenters. The minimum Gasteiger partial charge on any atom is -0.490 e. The van der Waals surface area contributed by atoms with E-state index in [1.807, 2.05) is 13.8 Å². The first-order chi connectivity index (χ1) is 9.08. The second-order valence-corrected chi connectivity index (χ2v) is 4.28. The lowest BCUT2D eigenvalue weighted by molar-refractivity contribution is 0.249. The van der Waals surface area contributed by atoms with E-state index < -0.39 is 6.03 Å². The van der Waals surface area contributed by atoms with Gasteiger partial charge in [-0.15, -0.1) is 0 Å². The highest BCUT2D eigenvalue weighted by Crippen LogP contribution is 2.36. The molecule has 104 valence electrons. The van der Waals surface area contributed by atoms with Crippen LogP contribution in [-0.4, -0.2) is 25.5 Å². The Morgan fingerprint density at radius 1 is 1.42 bits per heavy atom. The fourth-order valence-electron chi connectivity index (χ4n) is 1.38. The van der Waals surface area contributed by atoms with Crippen LogP contribution in [0, 0.1) is 0 Å². The van der Waals surface area contributed by atoms with Crippen LogP contribution >= 0.6 is 15.9 Å².